The monoisotopic (exact) mass is 247 g/mol. The Kier molecular flexibility index (Phi) is 3.57. The molecule has 0 aromatic heterocycles. The van der Waals surface area contributed by atoms with Crippen LogP contribution in [0.3, 0.4) is 0 Å². The molecule has 0 radical (unpaired) electrons. The molecule has 94 valence electrons. The fourth-order valence-corrected chi connectivity index (χ4v) is 1.54. The first-order valence-corrected chi connectivity index (χ1v) is 5.50. The van der Waals surface area contributed by atoms with Crippen LogP contribution in [0.1, 0.15) is 12.8 Å². The van der Waals surface area contributed by atoms with E-state index in [1.54, 1.807) is 31.4 Å². The third-order valence-corrected chi connectivity index (χ3v) is 2.49. The van der Waals surface area contributed by atoms with Gasteiger partial charge in [-0.15, -0.1) is 0 Å². The van der Waals surface area contributed by atoms with Crippen molar-refractivity contribution in [3.05, 3.63) is 24.3 Å². The minimum atomic E-state index is -0.316. The minimum Gasteiger partial charge on any atom is -0.497 e. The molecular formula is C12H13N3O3. The zero-order valence-electron chi connectivity index (χ0n) is 9.90. The van der Waals surface area contributed by atoms with Crippen LogP contribution in [0.25, 0.3) is 0 Å². The van der Waals surface area contributed by atoms with Gasteiger partial charge in [0.1, 0.15) is 11.5 Å². The van der Waals surface area contributed by atoms with Gasteiger partial charge in [-0.25, -0.2) is 5.43 Å². The lowest BCUT2D eigenvalue weighted by atomic mass is 10.1. The molecule has 18 heavy (non-hydrogen) atoms. The Hall–Kier alpha value is -2.37. The van der Waals surface area contributed by atoms with Crippen LogP contribution in [0.2, 0.25) is 0 Å². The van der Waals surface area contributed by atoms with Crippen molar-refractivity contribution < 1.29 is 14.3 Å². The number of ether oxygens (including phenoxy) is 1. The smallest absolute Gasteiger partial charge is 0.271 e. The minimum absolute atomic E-state index is 0.173. The molecule has 1 aliphatic rings. The molecule has 1 heterocycles. The average Bonchev–Trinajstić information content (AvgIpc) is 2.39. The summed E-state index contributed by atoms with van der Waals surface area (Å²) in [4.78, 5) is 22.7. The summed E-state index contributed by atoms with van der Waals surface area (Å²) >= 11 is 0. The van der Waals surface area contributed by atoms with Crippen molar-refractivity contribution >= 4 is 23.2 Å². The molecule has 2 amide bonds. The number of anilines is 1. The maximum Gasteiger partial charge on any atom is 0.271 e. The van der Waals surface area contributed by atoms with Crippen LogP contribution in [-0.4, -0.2) is 24.6 Å². The third kappa shape index (κ3) is 2.85. The topological polar surface area (TPSA) is 79.8 Å². The highest BCUT2D eigenvalue weighted by molar-refractivity contribution is 6.43. The number of benzene rings is 1. The van der Waals surface area contributed by atoms with Gasteiger partial charge in [-0.1, -0.05) is 6.07 Å². The number of hydrogen-bond acceptors (Lipinski definition) is 4. The summed E-state index contributed by atoms with van der Waals surface area (Å²) in [5, 5.41) is 6.42. The van der Waals surface area contributed by atoms with E-state index in [-0.39, 0.29) is 18.2 Å². The lowest BCUT2D eigenvalue weighted by Gasteiger charge is -2.12. The summed E-state index contributed by atoms with van der Waals surface area (Å²) in [6.45, 7) is 0. The molecule has 0 spiro atoms. The SMILES string of the molecule is COc1cccc(NC(=O)C2=NNC(=O)CC2)c1. The number of nitrogens with zero attached hydrogens (tertiary/aromatic N) is 1. The molecular weight excluding hydrogens is 234 g/mol. The molecule has 1 aromatic carbocycles. The molecule has 1 aromatic rings. The highest BCUT2D eigenvalue weighted by Gasteiger charge is 2.18. The Labute approximate surface area is 104 Å². The van der Waals surface area contributed by atoms with Crippen molar-refractivity contribution in [1.82, 2.24) is 5.43 Å². The quantitative estimate of drug-likeness (QED) is 0.832. The van der Waals surface area contributed by atoms with Gasteiger partial charge in [-0.05, 0) is 12.1 Å². The van der Waals surface area contributed by atoms with Crippen LogP contribution in [0, 0.1) is 0 Å². The molecule has 2 N–H and O–H groups in total. The van der Waals surface area contributed by atoms with Crippen LogP contribution in [0.4, 0.5) is 5.69 Å². The fourth-order valence-electron chi connectivity index (χ4n) is 1.54. The van der Waals surface area contributed by atoms with Gasteiger partial charge in [0.25, 0.3) is 5.91 Å². The molecule has 0 atom stereocenters. The summed E-state index contributed by atoms with van der Waals surface area (Å²) in [6.07, 6.45) is 0.631. The first-order valence-electron chi connectivity index (χ1n) is 5.50. The highest BCUT2D eigenvalue weighted by atomic mass is 16.5. The summed E-state index contributed by atoms with van der Waals surface area (Å²) in [5.41, 5.74) is 3.23. The van der Waals surface area contributed by atoms with Gasteiger partial charge >= 0.3 is 0 Å². The molecule has 6 nitrogen and oxygen atoms in total. The lowest BCUT2D eigenvalue weighted by molar-refractivity contribution is -0.121. The summed E-state index contributed by atoms with van der Waals surface area (Å²) in [5.74, 6) is 0.169. The molecule has 0 unspecified atom stereocenters. The molecule has 0 saturated carbocycles. The van der Waals surface area contributed by atoms with Crippen molar-refractivity contribution in [2.24, 2.45) is 5.10 Å². The maximum atomic E-state index is 11.8. The van der Waals surface area contributed by atoms with E-state index >= 15 is 0 Å². The van der Waals surface area contributed by atoms with Gasteiger partial charge in [0, 0.05) is 24.6 Å². The van der Waals surface area contributed by atoms with Crippen molar-refractivity contribution in [3.63, 3.8) is 0 Å². The first kappa shape index (κ1) is 12.1. The zero-order valence-corrected chi connectivity index (χ0v) is 9.90. The number of hydrogen-bond donors (Lipinski definition) is 2. The van der Waals surface area contributed by atoms with Crippen LogP contribution < -0.4 is 15.5 Å². The molecule has 6 heteroatoms. The van der Waals surface area contributed by atoms with E-state index in [2.05, 4.69) is 15.8 Å². The first-order chi connectivity index (χ1) is 8.69. The number of methoxy groups -OCH3 is 1. The summed E-state index contributed by atoms with van der Waals surface area (Å²) in [7, 11) is 1.56. The van der Waals surface area contributed by atoms with Crippen molar-refractivity contribution in [1.29, 1.82) is 0 Å². The largest absolute Gasteiger partial charge is 0.497 e. The van der Waals surface area contributed by atoms with Crippen molar-refractivity contribution in [2.45, 2.75) is 12.8 Å². The normalized spacial score (nSPS) is 14.5. The van der Waals surface area contributed by atoms with Crippen LogP contribution in [0.15, 0.2) is 29.4 Å². The number of carbonyl (C=O) groups is 2. The van der Waals surface area contributed by atoms with Gasteiger partial charge < -0.3 is 10.1 Å². The molecule has 0 bridgehead atoms. The van der Waals surface area contributed by atoms with Gasteiger partial charge in [-0.2, -0.15) is 5.10 Å². The molecule has 0 fully saturated rings. The summed E-state index contributed by atoms with van der Waals surface area (Å²) in [6, 6.07) is 7.02. The summed E-state index contributed by atoms with van der Waals surface area (Å²) < 4.78 is 5.06. The zero-order chi connectivity index (χ0) is 13.0. The Balaban J connectivity index is 2.04. The van der Waals surface area contributed by atoms with Gasteiger partial charge in [0.2, 0.25) is 5.91 Å². The van der Waals surface area contributed by atoms with Gasteiger partial charge in [0.15, 0.2) is 0 Å². The average molecular weight is 247 g/mol. The molecule has 0 aliphatic carbocycles. The van der Waals surface area contributed by atoms with E-state index in [0.717, 1.165) is 0 Å². The fraction of sp³-hybridized carbons (Fsp3) is 0.250. The van der Waals surface area contributed by atoms with E-state index in [1.165, 1.54) is 0 Å². The molecule has 1 aliphatic heterocycles. The third-order valence-electron chi connectivity index (χ3n) is 2.49. The second kappa shape index (κ2) is 5.31. The van der Waals surface area contributed by atoms with E-state index in [4.69, 9.17) is 4.74 Å². The van der Waals surface area contributed by atoms with Crippen molar-refractivity contribution in [3.8, 4) is 5.75 Å². The second-order valence-corrected chi connectivity index (χ2v) is 3.78. The van der Waals surface area contributed by atoms with Crippen LogP contribution in [-0.2, 0) is 9.59 Å². The Bertz CT molecular complexity index is 511. The Morgan fingerprint density at radius 3 is 2.94 bits per heavy atom. The van der Waals surface area contributed by atoms with Gasteiger partial charge in [0.05, 0.1) is 7.11 Å². The lowest BCUT2D eigenvalue weighted by Crippen LogP contribution is -2.32. The number of hydrazone groups is 1. The molecule has 0 saturated heterocycles. The second-order valence-electron chi connectivity index (χ2n) is 3.78. The number of rotatable bonds is 3. The Morgan fingerprint density at radius 2 is 2.28 bits per heavy atom. The number of nitrogens with one attached hydrogen (secondary N) is 2. The highest BCUT2D eigenvalue weighted by Crippen LogP contribution is 2.17. The standard InChI is InChI=1S/C12H13N3O3/c1-18-9-4-2-3-8(7-9)13-12(17)10-5-6-11(16)15-14-10/h2-4,7H,5-6H2,1H3,(H,13,17)(H,15,16). The Morgan fingerprint density at radius 1 is 1.44 bits per heavy atom. The predicted octanol–water partition coefficient (Wildman–Crippen LogP) is 0.900. The van der Waals surface area contributed by atoms with Crippen molar-refractivity contribution in [2.75, 3.05) is 12.4 Å². The molecule has 2 rings (SSSR count). The van der Waals surface area contributed by atoms with Crippen LogP contribution in [0.5, 0.6) is 5.75 Å². The number of amides is 2. The predicted molar refractivity (Wildman–Crippen MR) is 66.4 cm³/mol. The van der Waals surface area contributed by atoms with E-state index in [0.29, 0.717) is 23.6 Å². The van der Waals surface area contributed by atoms with E-state index in [1.807, 2.05) is 0 Å². The maximum absolute atomic E-state index is 11.8. The van der Waals surface area contributed by atoms with Gasteiger partial charge in [-0.3, -0.25) is 9.59 Å². The van der Waals surface area contributed by atoms with E-state index < -0.39 is 0 Å². The number of carbonyl (C=O) groups excluding carboxylic acids is 2. The van der Waals surface area contributed by atoms with Crippen LogP contribution >= 0.6 is 0 Å². The van der Waals surface area contributed by atoms with E-state index in [9.17, 15) is 9.59 Å².